The van der Waals surface area contributed by atoms with Crippen LogP contribution in [0.5, 0.6) is 0 Å². The van der Waals surface area contributed by atoms with E-state index in [0.717, 1.165) is 24.1 Å². The van der Waals surface area contributed by atoms with Gasteiger partial charge in [-0.2, -0.15) is 10.1 Å². The number of ether oxygens (including phenoxy) is 1. The maximum absolute atomic E-state index is 12.9. The number of unbranched alkanes of at least 4 members (excludes halogenated alkanes) is 5. The molecule has 28 heavy (non-hydrogen) atoms. The molecule has 2 heterocycles. The van der Waals surface area contributed by atoms with E-state index >= 15 is 0 Å². The Hall–Kier alpha value is -2.34. The molecule has 0 fully saturated rings. The van der Waals surface area contributed by atoms with Gasteiger partial charge in [0.25, 0.3) is 0 Å². The molecule has 0 amide bonds. The summed E-state index contributed by atoms with van der Waals surface area (Å²) < 4.78 is 7.31. The molecule has 1 atom stereocenters. The van der Waals surface area contributed by atoms with Gasteiger partial charge in [0, 0.05) is 10.7 Å². The van der Waals surface area contributed by atoms with Crippen molar-refractivity contribution in [1.82, 2.24) is 14.8 Å². The summed E-state index contributed by atoms with van der Waals surface area (Å²) in [5.74, 6) is 0.282. The molecular weight excluding hydrogens is 376 g/mol. The van der Waals surface area contributed by atoms with Crippen LogP contribution in [0.1, 0.15) is 64.0 Å². The standard InChI is InChI=1S/C21H27ClN4O2/c1-3-4-5-6-7-8-13-28-20(27)18-15(2)25-21-23-14-24-26(21)19(18)16-9-11-17(22)12-10-16/h9-12,14,19H,3-8,13H2,1-2H3,(H,23,24,25)/t19-/m1/s1. The Morgan fingerprint density at radius 3 is 2.64 bits per heavy atom. The van der Waals surface area contributed by atoms with Gasteiger partial charge in [0.05, 0.1) is 12.2 Å². The first-order valence-corrected chi connectivity index (χ1v) is 10.3. The lowest BCUT2D eigenvalue weighted by atomic mass is 9.96. The van der Waals surface area contributed by atoms with Gasteiger partial charge in [0.1, 0.15) is 12.4 Å². The minimum absolute atomic E-state index is 0.320. The fraction of sp³-hybridized carbons (Fsp3) is 0.476. The van der Waals surface area contributed by atoms with Gasteiger partial charge in [-0.15, -0.1) is 0 Å². The van der Waals surface area contributed by atoms with Crippen LogP contribution in [-0.2, 0) is 9.53 Å². The summed E-state index contributed by atoms with van der Waals surface area (Å²) in [5.41, 5.74) is 2.18. The van der Waals surface area contributed by atoms with Crippen molar-refractivity contribution in [3.63, 3.8) is 0 Å². The van der Waals surface area contributed by atoms with Crippen LogP contribution < -0.4 is 5.32 Å². The molecule has 3 rings (SSSR count). The number of hydrogen-bond donors (Lipinski definition) is 1. The Kier molecular flexibility index (Phi) is 7.09. The molecule has 150 valence electrons. The third-order valence-corrected chi connectivity index (χ3v) is 5.18. The van der Waals surface area contributed by atoms with Gasteiger partial charge in [-0.3, -0.25) is 0 Å². The number of nitrogens with one attached hydrogen (secondary N) is 1. The lowest BCUT2D eigenvalue weighted by Gasteiger charge is -2.28. The Morgan fingerprint density at radius 2 is 1.89 bits per heavy atom. The summed E-state index contributed by atoms with van der Waals surface area (Å²) >= 11 is 6.04. The van der Waals surface area contributed by atoms with Crippen LogP contribution in [0.2, 0.25) is 5.02 Å². The number of anilines is 1. The minimum atomic E-state index is -0.395. The number of rotatable bonds is 9. The van der Waals surface area contributed by atoms with Crippen molar-refractivity contribution < 1.29 is 9.53 Å². The number of fused-ring (bicyclic) bond motifs is 1. The highest BCUT2D eigenvalue weighted by Crippen LogP contribution is 2.35. The molecule has 0 bridgehead atoms. The molecule has 1 aliphatic heterocycles. The van der Waals surface area contributed by atoms with E-state index in [-0.39, 0.29) is 5.97 Å². The number of aromatic nitrogens is 3. The topological polar surface area (TPSA) is 69.0 Å². The molecular formula is C21H27ClN4O2. The molecule has 7 heteroatoms. The van der Waals surface area contributed by atoms with Crippen molar-refractivity contribution in [3.05, 3.63) is 52.4 Å². The van der Waals surface area contributed by atoms with Crippen molar-refractivity contribution in [2.75, 3.05) is 11.9 Å². The maximum Gasteiger partial charge on any atom is 0.338 e. The SMILES string of the molecule is CCCCCCCCOC(=O)C1=C(C)Nc2ncnn2[C@@H]1c1ccc(Cl)cc1. The molecule has 1 aromatic carbocycles. The number of esters is 1. The largest absolute Gasteiger partial charge is 0.462 e. The number of nitrogens with zero attached hydrogens (tertiary/aromatic N) is 3. The first kappa shape index (κ1) is 20.4. The van der Waals surface area contributed by atoms with E-state index in [1.54, 1.807) is 4.68 Å². The van der Waals surface area contributed by atoms with Crippen LogP contribution in [0.15, 0.2) is 41.9 Å². The summed E-state index contributed by atoms with van der Waals surface area (Å²) in [4.78, 5) is 17.2. The van der Waals surface area contributed by atoms with Gasteiger partial charge in [0.2, 0.25) is 5.95 Å². The molecule has 0 spiro atoms. The van der Waals surface area contributed by atoms with Crippen LogP contribution in [0.25, 0.3) is 0 Å². The van der Waals surface area contributed by atoms with Crippen molar-refractivity contribution >= 4 is 23.5 Å². The Morgan fingerprint density at radius 1 is 1.18 bits per heavy atom. The average Bonchev–Trinajstić information content (AvgIpc) is 3.14. The molecule has 0 unspecified atom stereocenters. The highest BCUT2D eigenvalue weighted by molar-refractivity contribution is 6.30. The molecule has 1 N–H and O–H groups in total. The molecule has 0 radical (unpaired) electrons. The summed E-state index contributed by atoms with van der Waals surface area (Å²) in [7, 11) is 0. The second-order valence-corrected chi connectivity index (χ2v) is 7.49. The van der Waals surface area contributed by atoms with Gasteiger partial charge >= 0.3 is 5.97 Å². The van der Waals surface area contributed by atoms with Gasteiger partial charge in [0.15, 0.2) is 0 Å². The highest BCUT2D eigenvalue weighted by atomic mass is 35.5. The summed E-state index contributed by atoms with van der Waals surface area (Å²) in [5, 5.41) is 8.10. The van der Waals surface area contributed by atoms with E-state index in [9.17, 15) is 4.79 Å². The Labute approximate surface area is 170 Å². The lowest BCUT2D eigenvalue weighted by Crippen LogP contribution is -2.29. The van der Waals surface area contributed by atoms with Gasteiger partial charge in [-0.1, -0.05) is 62.8 Å². The summed E-state index contributed by atoms with van der Waals surface area (Å²) in [6.45, 7) is 4.50. The minimum Gasteiger partial charge on any atom is -0.462 e. The highest BCUT2D eigenvalue weighted by Gasteiger charge is 2.34. The lowest BCUT2D eigenvalue weighted by molar-refractivity contribution is -0.139. The molecule has 1 aliphatic rings. The average molecular weight is 403 g/mol. The summed E-state index contributed by atoms with van der Waals surface area (Å²) in [6, 6.07) is 7.03. The van der Waals surface area contributed by atoms with Crippen molar-refractivity contribution in [3.8, 4) is 0 Å². The Balaban J connectivity index is 1.72. The van der Waals surface area contributed by atoms with E-state index in [1.165, 1.54) is 32.0 Å². The molecule has 0 aliphatic carbocycles. The molecule has 1 aromatic heterocycles. The van der Waals surface area contributed by atoms with Crippen LogP contribution in [0, 0.1) is 0 Å². The second-order valence-electron chi connectivity index (χ2n) is 7.05. The third-order valence-electron chi connectivity index (χ3n) is 4.93. The van der Waals surface area contributed by atoms with Crippen molar-refractivity contribution in [2.24, 2.45) is 0 Å². The van der Waals surface area contributed by atoms with E-state index in [0.29, 0.717) is 23.2 Å². The number of allylic oxidation sites excluding steroid dienone is 1. The number of halogens is 1. The number of hydrogen-bond acceptors (Lipinski definition) is 5. The normalized spacial score (nSPS) is 15.9. The smallest absolute Gasteiger partial charge is 0.338 e. The second kappa shape index (κ2) is 9.73. The van der Waals surface area contributed by atoms with Crippen LogP contribution in [0.4, 0.5) is 5.95 Å². The molecule has 2 aromatic rings. The summed E-state index contributed by atoms with van der Waals surface area (Å²) in [6.07, 6.45) is 8.36. The van der Waals surface area contributed by atoms with Gasteiger partial charge < -0.3 is 10.1 Å². The zero-order valence-corrected chi connectivity index (χ0v) is 17.2. The molecule has 0 saturated carbocycles. The number of carbonyl (C=O) groups is 1. The first-order chi connectivity index (χ1) is 13.6. The third kappa shape index (κ3) is 4.73. The monoisotopic (exact) mass is 402 g/mol. The zero-order valence-electron chi connectivity index (χ0n) is 16.4. The molecule has 6 nitrogen and oxygen atoms in total. The number of carbonyl (C=O) groups excluding carboxylic acids is 1. The van der Waals surface area contributed by atoms with Crippen LogP contribution >= 0.6 is 11.6 Å². The van der Waals surface area contributed by atoms with Gasteiger partial charge in [-0.05, 0) is 31.0 Å². The first-order valence-electron chi connectivity index (χ1n) is 9.91. The number of benzene rings is 1. The predicted octanol–water partition coefficient (Wildman–Crippen LogP) is 5.12. The van der Waals surface area contributed by atoms with E-state index in [1.807, 2.05) is 31.2 Å². The fourth-order valence-electron chi connectivity index (χ4n) is 3.43. The predicted molar refractivity (Wildman–Crippen MR) is 110 cm³/mol. The van der Waals surface area contributed by atoms with Crippen molar-refractivity contribution in [1.29, 1.82) is 0 Å². The van der Waals surface area contributed by atoms with E-state index < -0.39 is 6.04 Å². The van der Waals surface area contributed by atoms with Crippen LogP contribution in [-0.4, -0.2) is 27.3 Å². The zero-order chi connectivity index (χ0) is 19.9. The van der Waals surface area contributed by atoms with Crippen molar-refractivity contribution in [2.45, 2.75) is 58.4 Å². The van der Waals surface area contributed by atoms with E-state index in [4.69, 9.17) is 16.3 Å². The maximum atomic E-state index is 12.9. The molecule has 0 saturated heterocycles. The Bertz CT molecular complexity index is 829. The fourth-order valence-corrected chi connectivity index (χ4v) is 3.56. The van der Waals surface area contributed by atoms with Crippen LogP contribution in [0.3, 0.4) is 0 Å². The van der Waals surface area contributed by atoms with E-state index in [2.05, 4.69) is 22.3 Å². The quantitative estimate of drug-likeness (QED) is 0.465. The van der Waals surface area contributed by atoms with Gasteiger partial charge in [-0.25, -0.2) is 9.48 Å².